The summed E-state index contributed by atoms with van der Waals surface area (Å²) in [4.78, 5) is 11.5. The fraction of sp³-hybridized carbons (Fsp3) is 0.462. The van der Waals surface area contributed by atoms with Gasteiger partial charge in [-0.3, -0.25) is 4.79 Å². The van der Waals surface area contributed by atoms with Gasteiger partial charge in [-0.1, -0.05) is 32.0 Å². The number of hydrogen-bond acceptors (Lipinski definition) is 3. The average molecular weight is 221 g/mol. The molecule has 16 heavy (non-hydrogen) atoms. The van der Waals surface area contributed by atoms with E-state index in [1.165, 1.54) is 7.11 Å². The molecular weight excluding hydrogens is 202 g/mol. The predicted molar refractivity (Wildman–Crippen MR) is 65.3 cm³/mol. The number of carbonyl (C=O) groups is 1. The Morgan fingerprint density at radius 3 is 2.44 bits per heavy atom. The van der Waals surface area contributed by atoms with Gasteiger partial charge in [-0.15, -0.1) is 0 Å². The molecule has 3 nitrogen and oxygen atoms in total. The molecule has 0 aliphatic rings. The van der Waals surface area contributed by atoms with Crippen LogP contribution in [0.1, 0.15) is 13.8 Å². The molecule has 3 heteroatoms. The normalized spacial score (nSPS) is 12.2. The van der Waals surface area contributed by atoms with Crippen LogP contribution in [0.2, 0.25) is 0 Å². The molecule has 1 N–H and O–H groups in total. The van der Waals surface area contributed by atoms with Gasteiger partial charge in [-0.2, -0.15) is 0 Å². The Kier molecular flexibility index (Phi) is 4.83. The van der Waals surface area contributed by atoms with E-state index >= 15 is 0 Å². The highest BCUT2D eigenvalue weighted by molar-refractivity contribution is 5.73. The summed E-state index contributed by atoms with van der Waals surface area (Å²) in [6.07, 6.45) is 0. The van der Waals surface area contributed by atoms with Crippen molar-refractivity contribution in [1.29, 1.82) is 0 Å². The van der Waals surface area contributed by atoms with Gasteiger partial charge in [0, 0.05) is 12.2 Å². The van der Waals surface area contributed by atoms with Gasteiger partial charge in [-0.05, 0) is 18.1 Å². The molecule has 0 amide bonds. The second kappa shape index (κ2) is 6.16. The Hall–Kier alpha value is -1.51. The summed E-state index contributed by atoms with van der Waals surface area (Å²) >= 11 is 0. The van der Waals surface area contributed by atoms with E-state index in [4.69, 9.17) is 4.74 Å². The highest BCUT2D eigenvalue weighted by atomic mass is 16.5. The van der Waals surface area contributed by atoms with E-state index in [2.05, 4.69) is 5.32 Å². The lowest BCUT2D eigenvalue weighted by Gasteiger charge is -2.19. The Balaban J connectivity index is 2.54. The Bertz CT molecular complexity index is 322. The molecule has 0 saturated heterocycles. The number of nitrogens with one attached hydrogen (secondary N) is 1. The molecule has 1 aromatic carbocycles. The maximum Gasteiger partial charge on any atom is 0.310 e. The van der Waals surface area contributed by atoms with Crippen molar-refractivity contribution in [2.45, 2.75) is 13.8 Å². The van der Waals surface area contributed by atoms with Crippen molar-refractivity contribution < 1.29 is 9.53 Å². The smallest absolute Gasteiger partial charge is 0.310 e. The van der Waals surface area contributed by atoms with E-state index in [9.17, 15) is 4.79 Å². The van der Waals surface area contributed by atoms with Gasteiger partial charge >= 0.3 is 5.97 Å². The average Bonchev–Trinajstić information content (AvgIpc) is 2.30. The quantitative estimate of drug-likeness (QED) is 0.776. The molecule has 0 aromatic heterocycles. The zero-order valence-corrected chi connectivity index (χ0v) is 10.1. The minimum absolute atomic E-state index is 0.106. The fourth-order valence-electron chi connectivity index (χ4n) is 1.53. The number of carbonyl (C=O) groups excluding carboxylic acids is 1. The van der Waals surface area contributed by atoms with Crippen molar-refractivity contribution in [3.8, 4) is 0 Å². The second-order valence-corrected chi connectivity index (χ2v) is 4.12. The lowest BCUT2D eigenvalue weighted by atomic mass is 9.96. The molecule has 0 spiro atoms. The van der Waals surface area contributed by atoms with Gasteiger partial charge in [-0.25, -0.2) is 0 Å². The molecule has 0 aliphatic heterocycles. The van der Waals surface area contributed by atoms with Crippen molar-refractivity contribution in [3.63, 3.8) is 0 Å². The largest absolute Gasteiger partial charge is 0.469 e. The topological polar surface area (TPSA) is 38.3 Å². The van der Waals surface area contributed by atoms with Crippen molar-refractivity contribution in [3.05, 3.63) is 30.3 Å². The number of benzene rings is 1. The van der Waals surface area contributed by atoms with E-state index in [0.717, 1.165) is 5.69 Å². The third-order valence-electron chi connectivity index (χ3n) is 2.61. The van der Waals surface area contributed by atoms with Crippen LogP contribution in [0, 0.1) is 11.8 Å². The molecule has 0 saturated carbocycles. The zero-order chi connectivity index (χ0) is 12.0. The molecular formula is C13H19NO2. The first-order valence-corrected chi connectivity index (χ1v) is 5.52. The molecule has 1 rings (SSSR count). The molecule has 88 valence electrons. The van der Waals surface area contributed by atoms with Gasteiger partial charge in [0.15, 0.2) is 0 Å². The highest BCUT2D eigenvalue weighted by Crippen LogP contribution is 2.14. The monoisotopic (exact) mass is 221 g/mol. The predicted octanol–water partition coefficient (Wildman–Crippen LogP) is 2.54. The summed E-state index contributed by atoms with van der Waals surface area (Å²) in [5.41, 5.74) is 1.03. The number of para-hydroxylation sites is 1. The molecule has 1 aromatic rings. The first-order chi connectivity index (χ1) is 7.65. The van der Waals surface area contributed by atoms with E-state index < -0.39 is 0 Å². The highest BCUT2D eigenvalue weighted by Gasteiger charge is 2.22. The summed E-state index contributed by atoms with van der Waals surface area (Å²) < 4.78 is 4.78. The van der Waals surface area contributed by atoms with Gasteiger partial charge in [0.05, 0.1) is 13.0 Å². The van der Waals surface area contributed by atoms with Crippen LogP contribution in [0.5, 0.6) is 0 Å². The van der Waals surface area contributed by atoms with Crippen LogP contribution in [0.15, 0.2) is 30.3 Å². The SMILES string of the molecule is COC(=O)C(CNc1ccccc1)C(C)C. The lowest BCUT2D eigenvalue weighted by molar-refractivity contribution is -0.146. The van der Waals surface area contributed by atoms with E-state index in [0.29, 0.717) is 6.54 Å². The molecule has 0 fully saturated rings. The Morgan fingerprint density at radius 2 is 1.94 bits per heavy atom. The van der Waals surface area contributed by atoms with Crippen LogP contribution in [0.25, 0.3) is 0 Å². The van der Waals surface area contributed by atoms with Crippen molar-refractivity contribution in [2.75, 3.05) is 19.0 Å². The Morgan fingerprint density at radius 1 is 1.31 bits per heavy atom. The number of methoxy groups -OCH3 is 1. The number of anilines is 1. The fourth-order valence-corrected chi connectivity index (χ4v) is 1.53. The van der Waals surface area contributed by atoms with Crippen LogP contribution in [0.3, 0.4) is 0 Å². The summed E-state index contributed by atoms with van der Waals surface area (Å²) in [6, 6.07) is 9.85. The molecule has 0 radical (unpaired) electrons. The van der Waals surface area contributed by atoms with Gasteiger partial charge in [0.25, 0.3) is 0 Å². The number of ether oxygens (including phenoxy) is 1. The zero-order valence-electron chi connectivity index (χ0n) is 10.1. The summed E-state index contributed by atoms with van der Waals surface area (Å²) in [7, 11) is 1.43. The third-order valence-corrected chi connectivity index (χ3v) is 2.61. The maximum absolute atomic E-state index is 11.5. The first-order valence-electron chi connectivity index (χ1n) is 5.52. The van der Waals surface area contributed by atoms with Crippen LogP contribution in [-0.4, -0.2) is 19.6 Å². The van der Waals surface area contributed by atoms with E-state index in [-0.39, 0.29) is 17.8 Å². The van der Waals surface area contributed by atoms with Crippen LogP contribution < -0.4 is 5.32 Å². The van der Waals surface area contributed by atoms with Gasteiger partial charge in [0.2, 0.25) is 0 Å². The third kappa shape index (κ3) is 3.57. The molecule has 0 heterocycles. The van der Waals surface area contributed by atoms with Crippen LogP contribution >= 0.6 is 0 Å². The minimum Gasteiger partial charge on any atom is -0.469 e. The standard InChI is InChI=1S/C13H19NO2/c1-10(2)12(13(15)16-3)9-14-11-7-5-4-6-8-11/h4-8,10,12,14H,9H2,1-3H3. The second-order valence-electron chi connectivity index (χ2n) is 4.12. The maximum atomic E-state index is 11.5. The molecule has 0 bridgehead atoms. The van der Waals surface area contributed by atoms with E-state index in [1.807, 2.05) is 44.2 Å². The number of rotatable bonds is 5. The van der Waals surface area contributed by atoms with Crippen molar-refractivity contribution in [2.24, 2.45) is 11.8 Å². The number of hydrogen-bond donors (Lipinski definition) is 1. The first kappa shape index (κ1) is 12.6. The summed E-state index contributed by atoms with van der Waals surface area (Å²) in [5, 5.41) is 3.24. The van der Waals surface area contributed by atoms with Gasteiger partial charge < -0.3 is 10.1 Å². The van der Waals surface area contributed by atoms with Crippen LogP contribution in [-0.2, 0) is 9.53 Å². The summed E-state index contributed by atoms with van der Waals surface area (Å²) in [6.45, 7) is 4.65. The lowest BCUT2D eigenvalue weighted by Crippen LogP contribution is -2.28. The molecule has 1 unspecified atom stereocenters. The van der Waals surface area contributed by atoms with E-state index in [1.54, 1.807) is 0 Å². The Labute approximate surface area is 96.8 Å². The van der Waals surface area contributed by atoms with Gasteiger partial charge in [0.1, 0.15) is 0 Å². The molecule has 0 aliphatic carbocycles. The summed E-state index contributed by atoms with van der Waals surface area (Å²) in [5.74, 6) is 0.00676. The van der Waals surface area contributed by atoms with Crippen molar-refractivity contribution in [1.82, 2.24) is 0 Å². The number of esters is 1. The van der Waals surface area contributed by atoms with Crippen molar-refractivity contribution >= 4 is 11.7 Å². The molecule has 1 atom stereocenters. The minimum atomic E-state index is -0.154. The van der Waals surface area contributed by atoms with Crippen LogP contribution in [0.4, 0.5) is 5.69 Å².